The Morgan fingerprint density at radius 1 is 1.16 bits per heavy atom. The molecule has 1 saturated carbocycles. The summed E-state index contributed by atoms with van der Waals surface area (Å²) in [6, 6.07) is 12.2. The summed E-state index contributed by atoms with van der Waals surface area (Å²) in [5, 5.41) is 7.67. The van der Waals surface area contributed by atoms with Crippen molar-refractivity contribution in [1.29, 1.82) is 0 Å². The van der Waals surface area contributed by atoms with Crippen LogP contribution in [-0.4, -0.2) is 31.5 Å². The van der Waals surface area contributed by atoms with Crippen molar-refractivity contribution in [3.05, 3.63) is 93.8 Å². The van der Waals surface area contributed by atoms with Gasteiger partial charge in [0.1, 0.15) is 11.5 Å². The molecule has 0 spiro atoms. The van der Waals surface area contributed by atoms with Gasteiger partial charge in [0.2, 0.25) is 17.6 Å². The molecular weight excluding hydrogens is 592 g/mol. The number of hydrogen-bond acceptors (Lipinski definition) is 6. The number of fused-ring (bicyclic) bond motifs is 1. The molecule has 1 fully saturated rings. The van der Waals surface area contributed by atoms with Crippen molar-refractivity contribution in [2.45, 2.75) is 37.9 Å². The minimum Gasteiger partial charge on any atom is -0.366 e. The highest BCUT2D eigenvalue weighted by Crippen LogP contribution is 2.49. The van der Waals surface area contributed by atoms with E-state index in [9.17, 15) is 22.8 Å². The maximum absolute atomic E-state index is 15.5. The van der Waals surface area contributed by atoms with Crippen LogP contribution >= 0.6 is 11.6 Å². The average molecular weight is 613 g/mol. The normalized spacial score (nSPS) is 14.2. The molecule has 0 aliphatic heterocycles. The van der Waals surface area contributed by atoms with Crippen molar-refractivity contribution in [1.82, 2.24) is 25.0 Å². The van der Waals surface area contributed by atoms with Crippen LogP contribution in [0.2, 0.25) is 5.02 Å². The number of pyridine rings is 1. The number of alkyl halides is 3. The number of benzene rings is 2. The van der Waals surface area contributed by atoms with Crippen molar-refractivity contribution in [2.75, 3.05) is 0 Å². The molecule has 1 aliphatic carbocycles. The zero-order valence-corrected chi connectivity index (χ0v) is 23.1. The van der Waals surface area contributed by atoms with Crippen molar-refractivity contribution >= 4 is 34.3 Å². The van der Waals surface area contributed by atoms with Crippen molar-refractivity contribution in [2.24, 2.45) is 5.73 Å². The molecule has 0 saturated heterocycles. The number of aryl methyl sites for hydroxylation is 1. The number of amides is 2. The summed E-state index contributed by atoms with van der Waals surface area (Å²) >= 11 is 6.70. The minimum absolute atomic E-state index is 0.137. The molecule has 43 heavy (non-hydrogen) atoms. The van der Waals surface area contributed by atoms with Crippen LogP contribution in [0.25, 0.3) is 28.1 Å². The van der Waals surface area contributed by atoms with E-state index in [1.165, 1.54) is 12.1 Å². The summed E-state index contributed by atoms with van der Waals surface area (Å²) in [6.45, 7) is 1.40. The first kappa shape index (κ1) is 28.3. The average Bonchev–Trinajstić information content (AvgIpc) is 3.59. The van der Waals surface area contributed by atoms with E-state index in [0.29, 0.717) is 45.5 Å². The molecule has 2 amide bonds. The van der Waals surface area contributed by atoms with E-state index in [4.69, 9.17) is 21.9 Å². The van der Waals surface area contributed by atoms with E-state index in [-0.39, 0.29) is 36.5 Å². The highest BCUT2D eigenvalue weighted by molar-refractivity contribution is 6.38. The number of hydrogen-bond donors (Lipinski definition) is 2. The molecule has 220 valence electrons. The quantitative estimate of drug-likeness (QED) is 0.229. The molecule has 0 bridgehead atoms. The fourth-order valence-corrected chi connectivity index (χ4v) is 5.44. The highest BCUT2D eigenvalue weighted by Gasteiger charge is 2.54. The molecule has 0 unspecified atom stereocenters. The molecule has 14 heteroatoms. The topological polar surface area (TPSA) is 129 Å². The second kappa shape index (κ2) is 10.2. The standard InChI is InChI=1S/C29H21ClF4N6O3/c1-14-38-26(39-43-14)23-22(30)18-4-2-3-5-21(18)40(23)17-7-6-15(20(31)11-17)12-37-27(42)28(8-9-28)24-19(25(35)41)10-16(13-36-24)29(32,33)34/h2-7,10-11,13H,8-9,12H2,1H3,(H2,35,41)(H,37,42). The zero-order chi connectivity index (χ0) is 30.7. The molecule has 3 N–H and O–H groups in total. The maximum Gasteiger partial charge on any atom is 0.417 e. The molecule has 5 aromatic rings. The zero-order valence-electron chi connectivity index (χ0n) is 22.3. The third-order valence-corrected chi connectivity index (χ3v) is 7.79. The number of nitrogens with two attached hydrogens (primary N) is 1. The summed E-state index contributed by atoms with van der Waals surface area (Å²) in [5.41, 5.74) is 3.85. The van der Waals surface area contributed by atoms with E-state index in [2.05, 4.69) is 20.4 Å². The number of primary amides is 1. The van der Waals surface area contributed by atoms with Gasteiger partial charge in [-0.3, -0.25) is 14.6 Å². The van der Waals surface area contributed by atoms with Gasteiger partial charge < -0.3 is 20.1 Å². The summed E-state index contributed by atoms with van der Waals surface area (Å²) < 4.78 is 61.8. The van der Waals surface area contributed by atoms with E-state index >= 15 is 4.39 Å². The Kier molecular flexibility index (Phi) is 6.72. The lowest BCUT2D eigenvalue weighted by molar-refractivity contribution is -0.137. The smallest absolute Gasteiger partial charge is 0.366 e. The minimum atomic E-state index is -4.75. The summed E-state index contributed by atoms with van der Waals surface area (Å²) in [7, 11) is 0. The predicted molar refractivity (Wildman–Crippen MR) is 147 cm³/mol. The lowest BCUT2D eigenvalue weighted by Crippen LogP contribution is -2.37. The van der Waals surface area contributed by atoms with E-state index in [1.807, 2.05) is 24.3 Å². The predicted octanol–water partition coefficient (Wildman–Crippen LogP) is 5.64. The van der Waals surface area contributed by atoms with Crippen LogP contribution < -0.4 is 11.1 Å². The molecule has 2 aromatic carbocycles. The van der Waals surface area contributed by atoms with Crippen molar-refractivity contribution < 1.29 is 31.7 Å². The van der Waals surface area contributed by atoms with Gasteiger partial charge in [-0.1, -0.05) is 41.0 Å². The Bertz CT molecular complexity index is 1930. The number of carbonyl (C=O) groups is 2. The fourth-order valence-electron chi connectivity index (χ4n) is 5.11. The van der Waals surface area contributed by atoms with Crippen LogP contribution in [-0.2, 0) is 22.9 Å². The molecule has 0 atom stereocenters. The number of carbonyl (C=O) groups excluding carboxylic acids is 2. The summed E-state index contributed by atoms with van der Waals surface area (Å²) in [6.07, 6.45) is -3.71. The van der Waals surface area contributed by atoms with E-state index in [0.717, 1.165) is 0 Å². The van der Waals surface area contributed by atoms with Gasteiger partial charge in [-0.2, -0.15) is 18.2 Å². The van der Waals surface area contributed by atoms with Gasteiger partial charge in [0.15, 0.2) is 0 Å². The third-order valence-electron chi connectivity index (χ3n) is 7.40. The Morgan fingerprint density at radius 2 is 1.91 bits per heavy atom. The Labute approximate surface area is 245 Å². The van der Waals surface area contributed by atoms with Gasteiger partial charge in [0.25, 0.3) is 5.91 Å². The van der Waals surface area contributed by atoms with Gasteiger partial charge in [-0.15, -0.1) is 0 Å². The van der Waals surface area contributed by atoms with Crippen LogP contribution in [0, 0.1) is 12.7 Å². The van der Waals surface area contributed by atoms with Gasteiger partial charge in [-0.25, -0.2) is 4.39 Å². The van der Waals surface area contributed by atoms with Crippen LogP contribution in [0.3, 0.4) is 0 Å². The van der Waals surface area contributed by atoms with Crippen LogP contribution in [0.1, 0.15) is 45.9 Å². The Balaban J connectivity index is 1.28. The highest BCUT2D eigenvalue weighted by atomic mass is 35.5. The van der Waals surface area contributed by atoms with E-state index < -0.39 is 40.3 Å². The van der Waals surface area contributed by atoms with Gasteiger partial charge in [-0.05, 0) is 37.1 Å². The van der Waals surface area contributed by atoms with Gasteiger partial charge in [0.05, 0.1) is 32.8 Å². The second-order valence-corrected chi connectivity index (χ2v) is 10.6. The van der Waals surface area contributed by atoms with Gasteiger partial charge in [0, 0.05) is 36.3 Å². The molecule has 3 heterocycles. The molecular formula is C29H21ClF4N6O3. The summed E-state index contributed by atoms with van der Waals surface area (Å²) in [4.78, 5) is 33.3. The number of nitrogens with zero attached hydrogens (tertiary/aromatic N) is 4. The number of nitrogens with one attached hydrogen (secondary N) is 1. The Morgan fingerprint density at radius 3 is 2.53 bits per heavy atom. The van der Waals surface area contributed by atoms with Crippen molar-refractivity contribution in [3.63, 3.8) is 0 Å². The number of rotatable bonds is 7. The monoisotopic (exact) mass is 612 g/mol. The second-order valence-electron chi connectivity index (χ2n) is 10.2. The van der Waals surface area contributed by atoms with E-state index in [1.54, 1.807) is 17.6 Å². The lowest BCUT2D eigenvalue weighted by Gasteiger charge is -2.19. The fraction of sp³-hybridized carbons (Fsp3) is 0.207. The molecule has 6 rings (SSSR count). The Hall–Kier alpha value is -4.78. The molecule has 1 aliphatic rings. The number of aromatic nitrogens is 4. The first-order valence-corrected chi connectivity index (χ1v) is 13.3. The van der Waals surface area contributed by atoms with Crippen LogP contribution in [0.15, 0.2) is 59.3 Å². The van der Waals surface area contributed by atoms with Gasteiger partial charge >= 0.3 is 6.18 Å². The largest absolute Gasteiger partial charge is 0.417 e. The third kappa shape index (κ3) is 4.88. The maximum atomic E-state index is 15.5. The van der Waals surface area contributed by atoms with Crippen LogP contribution in [0.5, 0.6) is 0 Å². The first-order chi connectivity index (χ1) is 20.4. The first-order valence-electron chi connectivity index (χ1n) is 12.9. The van der Waals surface area contributed by atoms with Crippen molar-refractivity contribution in [3.8, 4) is 17.2 Å². The number of halogens is 5. The molecule has 0 radical (unpaired) electrons. The SMILES string of the molecule is Cc1nc(-c2c(Cl)c3ccccc3n2-c2ccc(CNC(=O)C3(c4ncc(C(F)(F)F)cc4C(N)=O)CC3)c(F)c2)no1. The van der Waals surface area contributed by atoms with Crippen LogP contribution in [0.4, 0.5) is 17.6 Å². The molecule has 9 nitrogen and oxygen atoms in total. The summed E-state index contributed by atoms with van der Waals surface area (Å²) in [5.74, 6) is -1.84. The lowest BCUT2D eigenvalue weighted by atomic mass is 9.94. The molecule has 3 aromatic heterocycles. The number of para-hydroxylation sites is 1.